The molecule has 1 fully saturated rings. The first kappa shape index (κ1) is 19.6. The topological polar surface area (TPSA) is 59.4 Å². The van der Waals surface area contributed by atoms with Crippen LogP contribution in [0.5, 0.6) is 0 Å². The standard InChI is InChI=1S/C20H21ClN4OS/c21-16-5-1-3-7-18(16)25-12-10-24(11-13-25)15-20(26)23-17-6-2-4-8-19(17)27-14-9-22/h1-8H,10-15H2,(H,23,26). The highest BCUT2D eigenvalue weighted by molar-refractivity contribution is 7.99. The Morgan fingerprint density at radius 3 is 2.56 bits per heavy atom. The molecule has 1 amide bonds. The van der Waals surface area contributed by atoms with E-state index < -0.39 is 0 Å². The van der Waals surface area contributed by atoms with E-state index in [0.717, 1.165) is 47.5 Å². The first-order valence-electron chi connectivity index (χ1n) is 8.78. The summed E-state index contributed by atoms with van der Waals surface area (Å²) in [4.78, 5) is 17.8. The molecule has 1 aliphatic rings. The maximum Gasteiger partial charge on any atom is 0.238 e. The van der Waals surface area contributed by atoms with Crippen LogP contribution in [0.25, 0.3) is 0 Å². The van der Waals surface area contributed by atoms with Gasteiger partial charge in [0.2, 0.25) is 5.91 Å². The van der Waals surface area contributed by atoms with Gasteiger partial charge in [0.15, 0.2) is 0 Å². The summed E-state index contributed by atoms with van der Waals surface area (Å²) in [6, 6.07) is 17.5. The average molecular weight is 401 g/mol. The molecule has 0 bridgehead atoms. The van der Waals surface area contributed by atoms with Crippen LogP contribution in [0, 0.1) is 11.3 Å². The Balaban J connectivity index is 1.52. The Morgan fingerprint density at radius 2 is 1.81 bits per heavy atom. The zero-order valence-corrected chi connectivity index (χ0v) is 16.5. The monoisotopic (exact) mass is 400 g/mol. The zero-order chi connectivity index (χ0) is 19.1. The van der Waals surface area contributed by atoms with Crippen molar-refractivity contribution in [3.63, 3.8) is 0 Å². The number of benzene rings is 2. The van der Waals surface area contributed by atoms with Crippen molar-refractivity contribution in [2.75, 3.05) is 48.7 Å². The molecule has 1 N–H and O–H groups in total. The maximum absolute atomic E-state index is 12.5. The Bertz CT molecular complexity index is 831. The van der Waals surface area contributed by atoms with E-state index in [2.05, 4.69) is 21.2 Å². The number of nitrogens with zero attached hydrogens (tertiary/aromatic N) is 3. The van der Waals surface area contributed by atoms with Gasteiger partial charge in [-0.1, -0.05) is 35.9 Å². The Kier molecular flexibility index (Phi) is 6.99. The lowest BCUT2D eigenvalue weighted by atomic mass is 10.2. The number of nitriles is 1. The van der Waals surface area contributed by atoms with E-state index in [9.17, 15) is 4.79 Å². The van der Waals surface area contributed by atoms with Crippen LogP contribution in [0.15, 0.2) is 53.4 Å². The molecule has 0 radical (unpaired) electrons. The predicted molar refractivity (Wildman–Crippen MR) is 112 cm³/mol. The van der Waals surface area contributed by atoms with Crippen LogP contribution in [0.2, 0.25) is 5.02 Å². The highest BCUT2D eigenvalue weighted by Crippen LogP contribution is 2.27. The number of halogens is 1. The van der Waals surface area contributed by atoms with Gasteiger partial charge in [0, 0.05) is 31.1 Å². The fraction of sp³-hybridized carbons (Fsp3) is 0.300. The third kappa shape index (κ3) is 5.39. The van der Waals surface area contributed by atoms with Crippen LogP contribution < -0.4 is 10.2 Å². The molecule has 0 aromatic heterocycles. The summed E-state index contributed by atoms with van der Waals surface area (Å²) in [6.07, 6.45) is 0. The minimum Gasteiger partial charge on any atom is -0.368 e. The number of anilines is 2. The lowest BCUT2D eigenvalue weighted by molar-refractivity contribution is -0.117. The van der Waals surface area contributed by atoms with Crippen LogP contribution in [0.3, 0.4) is 0 Å². The number of thioether (sulfide) groups is 1. The summed E-state index contributed by atoms with van der Waals surface area (Å²) in [5, 5.41) is 12.5. The number of piperazine rings is 1. The second-order valence-electron chi connectivity index (χ2n) is 6.21. The second kappa shape index (κ2) is 9.65. The smallest absolute Gasteiger partial charge is 0.238 e. The number of rotatable bonds is 6. The van der Waals surface area contributed by atoms with Gasteiger partial charge >= 0.3 is 0 Å². The minimum atomic E-state index is -0.0359. The van der Waals surface area contributed by atoms with Crippen molar-refractivity contribution in [3.05, 3.63) is 53.6 Å². The number of amides is 1. The summed E-state index contributed by atoms with van der Waals surface area (Å²) in [5.74, 6) is 0.322. The van der Waals surface area contributed by atoms with Gasteiger partial charge in [-0.2, -0.15) is 5.26 Å². The van der Waals surface area contributed by atoms with Gasteiger partial charge < -0.3 is 10.2 Å². The Morgan fingerprint density at radius 1 is 1.11 bits per heavy atom. The number of para-hydroxylation sites is 2. The molecule has 0 atom stereocenters. The predicted octanol–water partition coefficient (Wildman–Crippen LogP) is 3.72. The van der Waals surface area contributed by atoms with Crippen LogP contribution >= 0.6 is 23.4 Å². The molecule has 0 aliphatic carbocycles. The Hall–Kier alpha value is -2.20. The fourth-order valence-electron chi connectivity index (χ4n) is 3.05. The molecular formula is C20H21ClN4OS. The zero-order valence-electron chi connectivity index (χ0n) is 14.9. The van der Waals surface area contributed by atoms with Crippen molar-refractivity contribution in [1.82, 2.24) is 4.90 Å². The second-order valence-corrected chi connectivity index (χ2v) is 7.63. The van der Waals surface area contributed by atoms with Gasteiger partial charge in [0.25, 0.3) is 0 Å². The van der Waals surface area contributed by atoms with E-state index in [1.807, 2.05) is 48.5 Å². The third-order valence-electron chi connectivity index (χ3n) is 4.39. The van der Waals surface area contributed by atoms with E-state index in [1.54, 1.807) is 0 Å². The van der Waals surface area contributed by atoms with Gasteiger partial charge in [-0.3, -0.25) is 9.69 Å². The molecule has 27 heavy (non-hydrogen) atoms. The molecule has 140 valence electrons. The van der Waals surface area contributed by atoms with Gasteiger partial charge in [-0.15, -0.1) is 11.8 Å². The lowest BCUT2D eigenvalue weighted by Gasteiger charge is -2.36. The largest absolute Gasteiger partial charge is 0.368 e. The number of nitrogens with one attached hydrogen (secondary N) is 1. The number of hydrogen-bond acceptors (Lipinski definition) is 5. The molecule has 1 aliphatic heterocycles. The summed E-state index contributed by atoms with van der Waals surface area (Å²) >= 11 is 7.70. The molecule has 1 saturated heterocycles. The van der Waals surface area contributed by atoms with Gasteiger partial charge in [-0.05, 0) is 24.3 Å². The van der Waals surface area contributed by atoms with Gasteiger partial charge in [0.05, 0.1) is 34.8 Å². The van der Waals surface area contributed by atoms with E-state index in [1.165, 1.54) is 11.8 Å². The van der Waals surface area contributed by atoms with Crippen molar-refractivity contribution < 1.29 is 4.79 Å². The summed E-state index contributed by atoms with van der Waals surface area (Å²) < 4.78 is 0. The van der Waals surface area contributed by atoms with Crippen molar-refractivity contribution in [3.8, 4) is 6.07 Å². The summed E-state index contributed by atoms with van der Waals surface area (Å²) in [6.45, 7) is 3.65. The average Bonchev–Trinajstić information content (AvgIpc) is 2.68. The van der Waals surface area contributed by atoms with E-state index in [0.29, 0.717) is 12.3 Å². The number of hydrogen-bond donors (Lipinski definition) is 1. The molecular weight excluding hydrogens is 380 g/mol. The van der Waals surface area contributed by atoms with Crippen LogP contribution in [0.4, 0.5) is 11.4 Å². The van der Waals surface area contributed by atoms with Crippen LogP contribution in [0.1, 0.15) is 0 Å². The quantitative estimate of drug-likeness (QED) is 0.749. The van der Waals surface area contributed by atoms with Crippen molar-refractivity contribution >= 4 is 40.6 Å². The molecule has 3 rings (SSSR count). The van der Waals surface area contributed by atoms with Crippen molar-refractivity contribution in [1.29, 1.82) is 5.26 Å². The lowest BCUT2D eigenvalue weighted by Crippen LogP contribution is -2.48. The van der Waals surface area contributed by atoms with Gasteiger partial charge in [0.1, 0.15) is 0 Å². The molecule has 0 saturated carbocycles. The molecule has 2 aromatic carbocycles. The normalized spacial score (nSPS) is 14.6. The molecule has 0 unspecified atom stereocenters. The Labute approximate surface area is 168 Å². The highest BCUT2D eigenvalue weighted by atomic mass is 35.5. The van der Waals surface area contributed by atoms with Crippen molar-refractivity contribution in [2.24, 2.45) is 0 Å². The van der Waals surface area contributed by atoms with E-state index >= 15 is 0 Å². The molecule has 2 aromatic rings. The van der Waals surface area contributed by atoms with Crippen molar-refractivity contribution in [2.45, 2.75) is 4.90 Å². The molecule has 0 spiro atoms. The number of carbonyl (C=O) groups is 1. The van der Waals surface area contributed by atoms with Crippen LogP contribution in [-0.4, -0.2) is 49.3 Å². The molecule has 1 heterocycles. The SMILES string of the molecule is N#CCSc1ccccc1NC(=O)CN1CCN(c2ccccc2Cl)CC1. The van der Waals surface area contributed by atoms with E-state index in [-0.39, 0.29) is 5.91 Å². The summed E-state index contributed by atoms with van der Waals surface area (Å²) in [5.41, 5.74) is 1.81. The van der Waals surface area contributed by atoms with Gasteiger partial charge in [-0.25, -0.2) is 0 Å². The summed E-state index contributed by atoms with van der Waals surface area (Å²) in [7, 11) is 0. The third-order valence-corrected chi connectivity index (χ3v) is 5.65. The maximum atomic E-state index is 12.5. The first-order chi connectivity index (χ1) is 13.2. The van der Waals surface area contributed by atoms with Crippen LogP contribution in [-0.2, 0) is 4.79 Å². The first-order valence-corrected chi connectivity index (χ1v) is 10.1. The minimum absolute atomic E-state index is 0.0359. The molecule has 7 heteroatoms. The molecule has 5 nitrogen and oxygen atoms in total. The highest BCUT2D eigenvalue weighted by Gasteiger charge is 2.20. The van der Waals surface area contributed by atoms with E-state index in [4.69, 9.17) is 16.9 Å². The fourth-order valence-corrected chi connectivity index (χ4v) is 3.98. The number of carbonyl (C=O) groups excluding carboxylic acids is 1.